The van der Waals surface area contributed by atoms with E-state index in [1.54, 1.807) is 25.2 Å². The van der Waals surface area contributed by atoms with Gasteiger partial charge >= 0.3 is 0 Å². The molecule has 1 rings (SSSR count). The van der Waals surface area contributed by atoms with Gasteiger partial charge in [-0.05, 0) is 6.07 Å². The maximum absolute atomic E-state index is 10.8. The lowest BCUT2D eigenvalue weighted by atomic mass is 10.4. The number of rotatable bonds is 2. The van der Waals surface area contributed by atoms with E-state index in [1.807, 2.05) is 0 Å². The first-order valence-corrected chi connectivity index (χ1v) is 4.01. The number of hydrogen-bond donors (Lipinski definition) is 0. The van der Waals surface area contributed by atoms with Crippen molar-refractivity contribution in [3.63, 3.8) is 0 Å². The average molecular weight is 197 g/mol. The van der Waals surface area contributed by atoms with Crippen LogP contribution in [0.5, 0.6) is 5.88 Å². The molecular weight excluding hydrogens is 188 g/mol. The summed E-state index contributed by atoms with van der Waals surface area (Å²) in [6, 6.07) is 5.13. The Labute approximate surface area is 81.9 Å². The van der Waals surface area contributed by atoms with Gasteiger partial charge in [-0.3, -0.25) is 0 Å². The summed E-state index contributed by atoms with van der Waals surface area (Å²) >= 11 is 4.47. The van der Waals surface area contributed by atoms with Gasteiger partial charge in [0.25, 0.3) is 0 Å². The van der Waals surface area contributed by atoms with E-state index in [-0.39, 0.29) is 0 Å². The van der Waals surface area contributed by atoms with Gasteiger partial charge in [0.05, 0.1) is 7.11 Å². The quantitative estimate of drug-likeness (QED) is 0.668. The number of nitrogens with zero attached hydrogens (tertiary/aromatic N) is 2. The third kappa shape index (κ3) is 2.29. The molecule has 1 aromatic rings. The van der Waals surface area contributed by atoms with Crippen LogP contribution in [0.25, 0.3) is 0 Å². The molecule has 4 nitrogen and oxygen atoms in total. The van der Waals surface area contributed by atoms with Crippen LogP contribution in [0.2, 0.25) is 0 Å². The van der Waals surface area contributed by atoms with Crippen molar-refractivity contribution in [2.24, 2.45) is 0 Å². The third-order valence-corrected chi connectivity index (χ3v) is 1.81. The highest BCUT2D eigenvalue weighted by Crippen LogP contribution is 2.14. The van der Waals surface area contributed by atoms with Gasteiger partial charge < -0.3 is 27.1 Å². The molecule has 0 aromatic carbocycles. The first kappa shape index (κ1) is 9.73. The van der Waals surface area contributed by atoms with Crippen LogP contribution in [0.4, 0.5) is 10.6 Å². The second kappa shape index (κ2) is 4.04. The highest BCUT2D eigenvalue weighted by molar-refractivity contribution is 7.77. The number of methoxy groups -OCH3 is 1. The maximum Gasteiger partial charge on any atom is 0.214 e. The minimum absolute atomic E-state index is 0.459. The van der Waals surface area contributed by atoms with Crippen LogP contribution in [0.3, 0.4) is 0 Å². The van der Waals surface area contributed by atoms with Crippen molar-refractivity contribution in [1.82, 2.24) is 4.98 Å². The van der Waals surface area contributed by atoms with E-state index in [0.29, 0.717) is 11.7 Å². The summed E-state index contributed by atoms with van der Waals surface area (Å²) < 4.78 is 4.90. The van der Waals surface area contributed by atoms with Gasteiger partial charge in [0.15, 0.2) is 0 Å². The number of amides is 1. The van der Waals surface area contributed by atoms with Crippen LogP contribution in [-0.4, -0.2) is 24.4 Å². The fraction of sp³-hybridized carbons (Fsp3) is 0.250. The maximum atomic E-state index is 10.8. The van der Waals surface area contributed by atoms with E-state index < -0.39 is 5.24 Å². The van der Waals surface area contributed by atoms with Crippen LogP contribution in [0.1, 0.15) is 0 Å². The molecule has 0 aliphatic heterocycles. The van der Waals surface area contributed by atoms with Crippen LogP contribution in [0, 0.1) is 0 Å². The Hall–Kier alpha value is -1.36. The summed E-state index contributed by atoms with van der Waals surface area (Å²) in [4.78, 5) is 16.1. The van der Waals surface area contributed by atoms with Gasteiger partial charge in [0.1, 0.15) is 11.1 Å². The zero-order chi connectivity index (χ0) is 9.84. The molecule has 0 atom stereocenters. The lowest BCUT2D eigenvalue weighted by Gasteiger charge is -2.19. The highest BCUT2D eigenvalue weighted by Gasteiger charge is 2.02. The molecule has 0 N–H and O–H groups in total. The molecule has 0 saturated heterocycles. The summed E-state index contributed by atoms with van der Waals surface area (Å²) in [7, 11) is 3.08. The summed E-state index contributed by atoms with van der Waals surface area (Å²) in [5.74, 6) is 0.944. The lowest BCUT2D eigenvalue weighted by Crippen LogP contribution is -2.23. The van der Waals surface area contributed by atoms with Crippen molar-refractivity contribution in [3.05, 3.63) is 18.2 Å². The minimum Gasteiger partial charge on any atom is -0.719 e. The largest absolute Gasteiger partial charge is 0.719 e. The first-order valence-electron chi connectivity index (χ1n) is 3.61. The number of hydrogen-bond acceptors (Lipinski definition) is 4. The third-order valence-electron chi connectivity index (χ3n) is 1.54. The zero-order valence-electron chi connectivity index (χ0n) is 7.35. The predicted octanol–water partition coefficient (Wildman–Crippen LogP) is 1.19. The van der Waals surface area contributed by atoms with Crippen molar-refractivity contribution in [3.8, 4) is 5.88 Å². The molecule has 0 aliphatic carbocycles. The smallest absolute Gasteiger partial charge is 0.214 e. The molecule has 1 aromatic heterocycles. The van der Waals surface area contributed by atoms with Crippen LogP contribution in [0.15, 0.2) is 18.2 Å². The highest BCUT2D eigenvalue weighted by atomic mass is 32.1. The van der Waals surface area contributed by atoms with Gasteiger partial charge in [0.2, 0.25) is 5.88 Å². The number of carbonyl (C=O) groups is 1. The van der Waals surface area contributed by atoms with Crippen LogP contribution in [-0.2, 0) is 12.6 Å². The van der Waals surface area contributed by atoms with E-state index in [0.717, 1.165) is 0 Å². The monoisotopic (exact) mass is 197 g/mol. The summed E-state index contributed by atoms with van der Waals surface area (Å²) in [5.41, 5.74) is 0. The van der Waals surface area contributed by atoms with Crippen LogP contribution < -0.4 is 9.64 Å². The molecule has 0 fully saturated rings. The molecule has 13 heavy (non-hydrogen) atoms. The summed E-state index contributed by atoms with van der Waals surface area (Å²) in [5, 5.41) is -0.472. The molecule has 1 heterocycles. The molecule has 0 unspecified atom stereocenters. The SMILES string of the molecule is COc1cccc(N(C)C(=O)[S-])n1. The molecule has 0 saturated carbocycles. The van der Waals surface area contributed by atoms with E-state index in [9.17, 15) is 4.79 Å². The Morgan fingerprint density at radius 2 is 2.31 bits per heavy atom. The molecular formula is C8H9N2O2S-. The summed E-state index contributed by atoms with van der Waals surface area (Å²) in [6.45, 7) is 0. The Kier molecular flexibility index (Phi) is 3.02. The van der Waals surface area contributed by atoms with Gasteiger partial charge in [-0.2, -0.15) is 4.98 Å². The van der Waals surface area contributed by atoms with Gasteiger partial charge in [0, 0.05) is 13.1 Å². The first-order chi connectivity index (χ1) is 6.15. The molecule has 0 radical (unpaired) electrons. The Morgan fingerprint density at radius 1 is 1.62 bits per heavy atom. The number of carbonyl (C=O) groups excluding carboxylic acids is 1. The number of pyridine rings is 1. The lowest BCUT2D eigenvalue weighted by molar-refractivity contribution is 0.266. The molecule has 0 spiro atoms. The Morgan fingerprint density at radius 3 is 2.85 bits per heavy atom. The number of anilines is 1. The summed E-state index contributed by atoms with van der Waals surface area (Å²) in [6.07, 6.45) is 0. The second-order valence-electron chi connectivity index (χ2n) is 2.36. The second-order valence-corrected chi connectivity index (χ2v) is 2.71. The fourth-order valence-corrected chi connectivity index (χ4v) is 0.891. The molecule has 70 valence electrons. The van der Waals surface area contributed by atoms with Crippen LogP contribution >= 0.6 is 0 Å². The van der Waals surface area contributed by atoms with Crippen molar-refractivity contribution < 1.29 is 9.53 Å². The van der Waals surface area contributed by atoms with Gasteiger partial charge in [-0.1, -0.05) is 6.07 Å². The zero-order valence-corrected chi connectivity index (χ0v) is 8.17. The number of ether oxygens (including phenoxy) is 1. The minimum atomic E-state index is -0.472. The molecule has 1 amide bonds. The van der Waals surface area contributed by atoms with Crippen molar-refractivity contribution in [2.45, 2.75) is 0 Å². The molecule has 5 heteroatoms. The standard InChI is InChI=1S/C8H10N2O2S/c1-10(8(11)13)6-4-3-5-7(9-6)12-2/h3-5H,1-2H3,(H,11,13)/p-1. The van der Waals surface area contributed by atoms with E-state index in [4.69, 9.17) is 4.74 Å². The predicted molar refractivity (Wildman–Crippen MR) is 52.0 cm³/mol. The Balaban J connectivity index is 2.94. The van der Waals surface area contributed by atoms with E-state index >= 15 is 0 Å². The molecule has 0 bridgehead atoms. The topological polar surface area (TPSA) is 42.4 Å². The van der Waals surface area contributed by atoms with Gasteiger partial charge in [-0.15, -0.1) is 0 Å². The number of aromatic nitrogens is 1. The fourth-order valence-electron chi connectivity index (χ4n) is 0.798. The Bertz CT molecular complexity index is 317. The molecule has 0 aliphatic rings. The van der Waals surface area contributed by atoms with Gasteiger partial charge in [-0.25, -0.2) is 0 Å². The van der Waals surface area contributed by atoms with E-state index in [2.05, 4.69) is 17.6 Å². The van der Waals surface area contributed by atoms with E-state index in [1.165, 1.54) is 12.0 Å². The van der Waals surface area contributed by atoms with Crippen molar-refractivity contribution in [1.29, 1.82) is 0 Å². The normalized spacial score (nSPS) is 9.38. The van der Waals surface area contributed by atoms with Crippen molar-refractivity contribution >= 4 is 23.7 Å². The van der Waals surface area contributed by atoms with Crippen molar-refractivity contribution in [2.75, 3.05) is 19.1 Å². The average Bonchev–Trinajstić information content (AvgIpc) is 2.16.